The minimum absolute atomic E-state index is 0.000276. The minimum Gasteiger partial charge on any atom is -0.368 e. The van der Waals surface area contributed by atoms with Gasteiger partial charge in [0.1, 0.15) is 17.3 Å². The number of aliphatic imine (C=N–C) groups is 1. The van der Waals surface area contributed by atoms with Crippen LogP contribution in [0.3, 0.4) is 0 Å². The Labute approximate surface area is 184 Å². The molecule has 1 aliphatic rings. The zero-order chi connectivity index (χ0) is 23.1. The molecule has 32 heavy (non-hydrogen) atoms. The first-order chi connectivity index (χ1) is 15.4. The number of nitrogens with one attached hydrogen (secondary N) is 3. The van der Waals surface area contributed by atoms with Crippen molar-refractivity contribution in [1.82, 2.24) is 16.0 Å². The van der Waals surface area contributed by atoms with Crippen LogP contribution in [0.2, 0.25) is 0 Å². The van der Waals surface area contributed by atoms with Crippen LogP contribution in [0.5, 0.6) is 0 Å². The fourth-order valence-electron chi connectivity index (χ4n) is 3.49. The van der Waals surface area contributed by atoms with Gasteiger partial charge in [0.2, 0.25) is 5.91 Å². The van der Waals surface area contributed by atoms with Crippen LogP contribution in [0.25, 0.3) is 0 Å². The highest BCUT2D eigenvalue weighted by Crippen LogP contribution is 2.26. The average Bonchev–Trinajstić information content (AvgIpc) is 3.23. The zero-order valence-electron chi connectivity index (χ0n) is 17.7. The maximum Gasteiger partial charge on any atom is 0.251 e. The second kappa shape index (κ2) is 10.6. The number of anilines is 1. The molecule has 2 aromatic carbocycles. The smallest absolute Gasteiger partial charge is 0.251 e. The van der Waals surface area contributed by atoms with Gasteiger partial charge in [-0.15, -0.1) is 0 Å². The molecule has 5 N–H and O–H groups in total. The number of rotatable bonds is 7. The summed E-state index contributed by atoms with van der Waals surface area (Å²) in [5, 5.41) is 8.90. The van der Waals surface area contributed by atoms with Gasteiger partial charge in [-0.05, 0) is 36.2 Å². The number of benzene rings is 2. The molecule has 1 fully saturated rings. The third kappa shape index (κ3) is 5.93. The lowest BCUT2D eigenvalue weighted by Crippen LogP contribution is -2.44. The van der Waals surface area contributed by atoms with E-state index in [1.807, 2.05) is 0 Å². The van der Waals surface area contributed by atoms with Crippen molar-refractivity contribution in [2.45, 2.75) is 19.0 Å². The predicted octanol–water partition coefficient (Wildman–Crippen LogP) is 1.12. The van der Waals surface area contributed by atoms with Crippen molar-refractivity contribution in [2.24, 2.45) is 10.7 Å². The summed E-state index contributed by atoms with van der Waals surface area (Å²) in [5.41, 5.74) is 6.36. The highest BCUT2D eigenvalue weighted by molar-refractivity contribution is 5.96. The number of nitrogens with zero attached hydrogens (tertiary/aromatic N) is 2. The molecule has 1 atom stereocenters. The van der Waals surface area contributed by atoms with Crippen molar-refractivity contribution < 1.29 is 18.4 Å². The predicted molar refractivity (Wildman–Crippen MR) is 118 cm³/mol. The fourth-order valence-corrected chi connectivity index (χ4v) is 3.49. The van der Waals surface area contributed by atoms with Crippen LogP contribution in [0.1, 0.15) is 22.3 Å². The number of para-hydroxylation sites is 1. The van der Waals surface area contributed by atoms with Gasteiger partial charge < -0.3 is 26.6 Å². The van der Waals surface area contributed by atoms with E-state index in [0.717, 1.165) is 5.56 Å². The Bertz CT molecular complexity index is 976. The van der Waals surface area contributed by atoms with Crippen LogP contribution >= 0.6 is 0 Å². The Balaban J connectivity index is 1.50. The van der Waals surface area contributed by atoms with Crippen molar-refractivity contribution in [3.63, 3.8) is 0 Å². The monoisotopic (exact) mass is 444 g/mol. The normalized spacial score (nSPS) is 16.0. The largest absolute Gasteiger partial charge is 0.368 e. The Morgan fingerprint density at radius 2 is 1.81 bits per heavy atom. The van der Waals surface area contributed by atoms with E-state index in [1.54, 1.807) is 36.2 Å². The van der Waals surface area contributed by atoms with E-state index in [9.17, 15) is 18.4 Å². The minimum atomic E-state index is -0.609. The first kappa shape index (κ1) is 23.0. The van der Waals surface area contributed by atoms with Gasteiger partial charge in [0.05, 0.1) is 6.54 Å². The molecule has 10 heteroatoms. The van der Waals surface area contributed by atoms with E-state index < -0.39 is 17.5 Å². The van der Waals surface area contributed by atoms with E-state index >= 15 is 0 Å². The quantitative estimate of drug-likeness (QED) is 0.378. The summed E-state index contributed by atoms with van der Waals surface area (Å²) in [5.74, 6) is -1.56. The van der Waals surface area contributed by atoms with Gasteiger partial charge in [-0.1, -0.05) is 18.2 Å². The third-order valence-electron chi connectivity index (χ3n) is 5.11. The standard InChI is InChI=1S/C22H26F2N6O2/c1-26-22(28-11-14-5-7-15(8-6-14)21(32)27-12-19(25)31)29-16-9-10-30(13-16)20-17(23)3-2-4-18(20)24/h2-8,16H,9-13H2,1H3,(H2,25,31)(H,27,32)(H2,26,28,29). The topological polar surface area (TPSA) is 112 Å². The molecule has 0 saturated carbocycles. The summed E-state index contributed by atoms with van der Waals surface area (Å²) >= 11 is 0. The lowest BCUT2D eigenvalue weighted by molar-refractivity contribution is -0.117. The molecule has 3 rings (SSSR count). The molecular formula is C22H26F2N6O2. The fraction of sp³-hybridized carbons (Fsp3) is 0.318. The van der Waals surface area contributed by atoms with Crippen molar-refractivity contribution >= 4 is 23.5 Å². The number of halogens is 2. The number of nitrogens with two attached hydrogens (primary N) is 1. The maximum absolute atomic E-state index is 14.0. The van der Waals surface area contributed by atoms with Gasteiger partial charge in [0, 0.05) is 38.3 Å². The van der Waals surface area contributed by atoms with E-state index in [-0.39, 0.29) is 24.2 Å². The first-order valence-electron chi connectivity index (χ1n) is 10.2. The van der Waals surface area contributed by atoms with Crippen LogP contribution in [0.4, 0.5) is 14.5 Å². The van der Waals surface area contributed by atoms with Crippen molar-refractivity contribution in [3.05, 3.63) is 65.2 Å². The number of primary amides is 1. The van der Waals surface area contributed by atoms with Crippen molar-refractivity contribution in [2.75, 3.05) is 31.6 Å². The number of guanidine groups is 1. The van der Waals surface area contributed by atoms with E-state index in [2.05, 4.69) is 20.9 Å². The summed E-state index contributed by atoms with van der Waals surface area (Å²) in [6, 6.07) is 10.7. The number of hydrogen-bond donors (Lipinski definition) is 4. The molecule has 1 unspecified atom stereocenters. The molecular weight excluding hydrogens is 418 g/mol. The lowest BCUT2D eigenvalue weighted by atomic mass is 10.1. The Morgan fingerprint density at radius 1 is 1.12 bits per heavy atom. The van der Waals surface area contributed by atoms with E-state index in [4.69, 9.17) is 5.73 Å². The van der Waals surface area contributed by atoms with Crippen LogP contribution in [0.15, 0.2) is 47.5 Å². The average molecular weight is 444 g/mol. The van der Waals surface area contributed by atoms with Crippen molar-refractivity contribution in [3.8, 4) is 0 Å². The Kier molecular flexibility index (Phi) is 7.58. The van der Waals surface area contributed by atoms with Gasteiger partial charge in [0.15, 0.2) is 5.96 Å². The molecule has 0 radical (unpaired) electrons. The summed E-state index contributed by atoms with van der Waals surface area (Å²) in [6.07, 6.45) is 0.712. The molecule has 2 amide bonds. The maximum atomic E-state index is 14.0. The van der Waals surface area contributed by atoms with Gasteiger partial charge in [-0.25, -0.2) is 8.78 Å². The molecule has 170 valence electrons. The lowest BCUT2D eigenvalue weighted by Gasteiger charge is -2.21. The first-order valence-corrected chi connectivity index (χ1v) is 10.2. The van der Waals surface area contributed by atoms with Crippen LogP contribution in [-0.4, -0.2) is 50.5 Å². The van der Waals surface area contributed by atoms with Gasteiger partial charge in [-0.2, -0.15) is 0 Å². The molecule has 1 saturated heterocycles. The third-order valence-corrected chi connectivity index (χ3v) is 5.11. The Hall–Kier alpha value is -3.69. The number of carbonyl (C=O) groups excluding carboxylic acids is 2. The van der Waals surface area contributed by atoms with Gasteiger partial charge >= 0.3 is 0 Å². The van der Waals surface area contributed by atoms with Gasteiger partial charge in [-0.3, -0.25) is 14.6 Å². The summed E-state index contributed by atoms with van der Waals surface area (Å²) < 4.78 is 28.1. The van der Waals surface area contributed by atoms with Crippen LogP contribution < -0.4 is 26.6 Å². The van der Waals surface area contributed by atoms with Crippen molar-refractivity contribution in [1.29, 1.82) is 0 Å². The summed E-state index contributed by atoms with van der Waals surface area (Å²) in [6.45, 7) is 1.23. The molecule has 0 aromatic heterocycles. The molecule has 0 spiro atoms. The molecule has 1 heterocycles. The number of amides is 2. The van der Waals surface area contributed by atoms with Gasteiger partial charge in [0.25, 0.3) is 5.91 Å². The highest BCUT2D eigenvalue weighted by atomic mass is 19.1. The van der Waals surface area contributed by atoms with E-state index in [1.165, 1.54) is 18.2 Å². The number of hydrogen-bond acceptors (Lipinski definition) is 4. The van der Waals surface area contributed by atoms with E-state index in [0.29, 0.717) is 37.6 Å². The van der Waals surface area contributed by atoms with Crippen LogP contribution in [0, 0.1) is 11.6 Å². The second-order valence-corrected chi connectivity index (χ2v) is 7.42. The SMILES string of the molecule is CN=C(NCc1ccc(C(=O)NCC(N)=O)cc1)NC1CCN(c2c(F)cccc2F)C1. The highest BCUT2D eigenvalue weighted by Gasteiger charge is 2.27. The second-order valence-electron chi connectivity index (χ2n) is 7.42. The summed E-state index contributed by atoms with van der Waals surface area (Å²) in [7, 11) is 1.64. The zero-order valence-corrected chi connectivity index (χ0v) is 17.7. The molecule has 0 aliphatic carbocycles. The molecule has 0 bridgehead atoms. The molecule has 2 aromatic rings. The Morgan fingerprint density at radius 3 is 2.44 bits per heavy atom. The summed E-state index contributed by atoms with van der Waals surface area (Å²) in [4.78, 5) is 28.6. The van der Waals surface area contributed by atoms with Crippen LogP contribution in [-0.2, 0) is 11.3 Å². The molecule has 1 aliphatic heterocycles. The number of carbonyl (C=O) groups is 2. The molecule has 8 nitrogen and oxygen atoms in total.